The number of amides is 3. The van der Waals surface area contributed by atoms with E-state index in [1.807, 2.05) is 0 Å². The standard InChI is InChI=1S/C20H21N7O11S2/c1-20(2,18(31)37-7-9-3-5-10(6-4-9)27(32)33)38-25-12(11-8-39-19(22)23-11)16(29)24-13-14(15(21)28)26(17(13)30)40(34,35)36/h3-6,8,13-14H,7H2,1-2H3,(H2,21,28)(H2,22,23)(H,24,29)(H,34,35,36)/b25-12+/t13-,14-/m0/s1. The Labute approximate surface area is 228 Å². The number of nitro benzene ring substituents is 1. The number of thiazole rings is 1. The first-order chi connectivity index (χ1) is 18.5. The number of ether oxygens (including phenoxy) is 1. The van der Waals surface area contributed by atoms with Gasteiger partial charge in [0.1, 0.15) is 18.3 Å². The van der Waals surface area contributed by atoms with Crippen LogP contribution in [0, 0.1) is 10.1 Å². The van der Waals surface area contributed by atoms with Crippen LogP contribution in [0.15, 0.2) is 34.8 Å². The monoisotopic (exact) mass is 599 g/mol. The SMILES string of the molecule is CC(C)(O/N=C(/C(=O)N[C@@H]1C(=O)N(S(=O)(=O)O)[C@@H]1C(N)=O)c1csc(N)n1)C(=O)OCc1ccc([N+](=O)[O-])cc1. The summed E-state index contributed by atoms with van der Waals surface area (Å²) in [6, 6.07) is 1.51. The number of aromatic nitrogens is 1. The molecule has 6 N–H and O–H groups in total. The molecule has 0 saturated carbocycles. The highest BCUT2D eigenvalue weighted by atomic mass is 32.2. The number of nitrogens with one attached hydrogen (secondary N) is 1. The Morgan fingerprint density at radius 3 is 2.42 bits per heavy atom. The number of nitrogens with two attached hydrogens (primary N) is 2. The van der Waals surface area contributed by atoms with E-state index in [0.29, 0.717) is 5.56 Å². The van der Waals surface area contributed by atoms with Gasteiger partial charge in [-0.25, -0.2) is 9.78 Å². The highest BCUT2D eigenvalue weighted by molar-refractivity contribution is 7.84. The lowest BCUT2D eigenvalue weighted by atomic mass is 9.98. The van der Waals surface area contributed by atoms with E-state index in [-0.39, 0.29) is 27.4 Å². The maximum Gasteiger partial charge on any atom is 0.363 e. The normalized spacial score (nSPS) is 17.5. The Balaban J connectivity index is 1.77. The largest absolute Gasteiger partial charge is 0.458 e. The number of esters is 1. The number of carbonyl (C=O) groups is 4. The van der Waals surface area contributed by atoms with Crippen molar-refractivity contribution in [1.82, 2.24) is 14.6 Å². The molecule has 0 bridgehead atoms. The van der Waals surface area contributed by atoms with E-state index >= 15 is 0 Å². The van der Waals surface area contributed by atoms with Gasteiger partial charge in [-0.3, -0.25) is 29.1 Å². The first kappa shape index (κ1) is 29.9. The van der Waals surface area contributed by atoms with Crippen LogP contribution in [-0.4, -0.2) is 74.3 Å². The van der Waals surface area contributed by atoms with Gasteiger partial charge in [0, 0.05) is 17.5 Å². The van der Waals surface area contributed by atoms with Crippen molar-refractivity contribution in [2.75, 3.05) is 5.73 Å². The van der Waals surface area contributed by atoms with E-state index in [9.17, 15) is 37.7 Å². The fourth-order valence-electron chi connectivity index (χ4n) is 3.18. The van der Waals surface area contributed by atoms with E-state index in [0.717, 1.165) is 11.3 Å². The molecule has 3 amide bonds. The summed E-state index contributed by atoms with van der Waals surface area (Å²) < 4.78 is 36.9. The van der Waals surface area contributed by atoms with Gasteiger partial charge < -0.3 is 26.4 Å². The highest BCUT2D eigenvalue weighted by Crippen LogP contribution is 2.24. The van der Waals surface area contributed by atoms with Crippen LogP contribution >= 0.6 is 11.3 Å². The summed E-state index contributed by atoms with van der Waals surface area (Å²) in [5, 5.41) is 17.8. The minimum Gasteiger partial charge on any atom is -0.458 e. The molecule has 18 nitrogen and oxygen atoms in total. The number of non-ortho nitro benzene ring substituents is 1. The second-order valence-corrected chi connectivity index (χ2v) is 10.7. The van der Waals surface area contributed by atoms with Crippen LogP contribution in [0.25, 0.3) is 0 Å². The quantitative estimate of drug-likeness (QED) is 0.0594. The van der Waals surface area contributed by atoms with Crippen LogP contribution in [0.1, 0.15) is 25.1 Å². The lowest BCUT2D eigenvalue weighted by Crippen LogP contribution is -2.75. The predicted octanol–water partition coefficient (Wildman–Crippen LogP) is -1.14. The zero-order chi connectivity index (χ0) is 30.0. The van der Waals surface area contributed by atoms with Crippen LogP contribution in [0.4, 0.5) is 10.8 Å². The van der Waals surface area contributed by atoms with Crippen molar-refractivity contribution in [2.45, 2.75) is 38.1 Å². The number of benzene rings is 1. The van der Waals surface area contributed by atoms with Crippen LogP contribution in [0.3, 0.4) is 0 Å². The Hall–Kier alpha value is -4.69. The van der Waals surface area contributed by atoms with Crippen molar-refractivity contribution >= 4 is 61.9 Å². The van der Waals surface area contributed by atoms with E-state index in [2.05, 4.69) is 15.5 Å². The third-order valence-electron chi connectivity index (χ3n) is 5.23. The van der Waals surface area contributed by atoms with Crippen molar-refractivity contribution < 1.29 is 46.6 Å². The zero-order valence-electron chi connectivity index (χ0n) is 20.5. The number of carbonyl (C=O) groups excluding carboxylic acids is 4. The van der Waals surface area contributed by atoms with Gasteiger partial charge in [-0.2, -0.15) is 12.7 Å². The molecule has 0 aliphatic carbocycles. The molecule has 1 fully saturated rings. The summed E-state index contributed by atoms with van der Waals surface area (Å²) in [4.78, 5) is 68.9. The second-order valence-electron chi connectivity index (χ2n) is 8.52. The molecule has 1 aromatic heterocycles. The van der Waals surface area contributed by atoms with Gasteiger partial charge in [0.25, 0.3) is 17.5 Å². The Morgan fingerprint density at radius 2 is 1.93 bits per heavy atom. The average Bonchev–Trinajstić information content (AvgIpc) is 3.28. The summed E-state index contributed by atoms with van der Waals surface area (Å²) >= 11 is 0.902. The molecular weight excluding hydrogens is 578 g/mol. The zero-order valence-corrected chi connectivity index (χ0v) is 22.2. The fraction of sp³-hybridized carbons (Fsp3) is 0.300. The van der Waals surface area contributed by atoms with Crippen LogP contribution in [0.5, 0.6) is 0 Å². The summed E-state index contributed by atoms with van der Waals surface area (Å²) in [6.07, 6.45) is 0. The number of hydrogen-bond donors (Lipinski definition) is 4. The number of nitrogen functional groups attached to an aromatic ring is 1. The molecule has 1 aliphatic heterocycles. The number of nitro groups is 1. The van der Waals surface area contributed by atoms with Gasteiger partial charge in [0.05, 0.1) is 4.92 Å². The minimum atomic E-state index is -5.15. The van der Waals surface area contributed by atoms with Crippen molar-refractivity contribution in [3.05, 3.63) is 51.0 Å². The first-order valence-corrected chi connectivity index (χ1v) is 13.1. The Kier molecular flexibility index (Phi) is 8.36. The molecule has 1 aromatic carbocycles. The summed E-state index contributed by atoms with van der Waals surface area (Å²) in [5.41, 5.74) is 8.42. The van der Waals surface area contributed by atoms with Crippen molar-refractivity contribution in [3.8, 4) is 0 Å². The summed E-state index contributed by atoms with van der Waals surface area (Å²) in [5.74, 6) is -4.83. The van der Waals surface area contributed by atoms with Gasteiger partial charge in [-0.05, 0) is 31.5 Å². The van der Waals surface area contributed by atoms with Crippen LogP contribution in [0.2, 0.25) is 0 Å². The Bertz CT molecular complexity index is 1500. The molecule has 0 unspecified atom stereocenters. The number of hydrogen-bond acceptors (Lipinski definition) is 14. The van der Waals surface area contributed by atoms with Gasteiger partial charge in [-0.1, -0.05) is 5.16 Å². The number of oxime groups is 1. The van der Waals surface area contributed by atoms with Gasteiger partial charge >= 0.3 is 16.3 Å². The molecule has 2 heterocycles. The summed E-state index contributed by atoms with van der Waals surface area (Å²) in [7, 11) is -5.15. The maximum atomic E-state index is 13.0. The highest BCUT2D eigenvalue weighted by Gasteiger charge is 2.57. The Morgan fingerprint density at radius 1 is 1.30 bits per heavy atom. The molecule has 20 heteroatoms. The van der Waals surface area contributed by atoms with Gasteiger partial charge in [0.15, 0.2) is 16.9 Å². The van der Waals surface area contributed by atoms with Crippen molar-refractivity contribution in [3.63, 3.8) is 0 Å². The first-order valence-electron chi connectivity index (χ1n) is 10.8. The predicted molar refractivity (Wildman–Crippen MR) is 134 cm³/mol. The molecular formula is C20H21N7O11S2. The van der Waals surface area contributed by atoms with Gasteiger partial charge in [-0.15, -0.1) is 11.3 Å². The topological polar surface area (TPSA) is 277 Å². The molecule has 40 heavy (non-hydrogen) atoms. The molecule has 0 radical (unpaired) electrons. The average molecular weight is 600 g/mol. The molecule has 214 valence electrons. The molecule has 2 atom stereocenters. The van der Waals surface area contributed by atoms with E-state index < -0.39 is 62.3 Å². The maximum absolute atomic E-state index is 13.0. The van der Waals surface area contributed by atoms with E-state index in [4.69, 9.17) is 25.6 Å². The molecule has 1 saturated heterocycles. The van der Waals surface area contributed by atoms with Gasteiger partial charge in [0.2, 0.25) is 11.5 Å². The minimum absolute atomic E-state index is 0.00421. The summed E-state index contributed by atoms with van der Waals surface area (Å²) in [6.45, 7) is 2.23. The van der Waals surface area contributed by atoms with Crippen LogP contribution in [-0.2, 0) is 45.7 Å². The molecule has 1 aliphatic rings. The second kappa shape index (κ2) is 11.2. The molecule has 0 spiro atoms. The lowest BCUT2D eigenvalue weighted by molar-refractivity contribution is -0.384. The lowest BCUT2D eigenvalue weighted by Gasteiger charge is -2.41. The third-order valence-corrected chi connectivity index (χ3v) is 6.81. The van der Waals surface area contributed by atoms with E-state index in [1.54, 1.807) is 0 Å². The molecule has 3 rings (SSSR count). The number of rotatable bonds is 11. The number of nitrogens with zero attached hydrogens (tertiary/aromatic N) is 4. The van der Waals surface area contributed by atoms with Crippen LogP contribution < -0.4 is 16.8 Å². The smallest absolute Gasteiger partial charge is 0.363 e. The number of β-lactam (4-membered cyclic amide) rings is 1. The number of anilines is 1. The number of primary amides is 1. The van der Waals surface area contributed by atoms with Crippen molar-refractivity contribution in [2.24, 2.45) is 10.9 Å². The van der Waals surface area contributed by atoms with E-state index in [1.165, 1.54) is 43.5 Å². The molecule has 2 aromatic rings. The third kappa shape index (κ3) is 6.47. The fourth-order valence-corrected chi connectivity index (χ4v) is 4.59. The van der Waals surface area contributed by atoms with Crippen molar-refractivity contribution in [1.29, 1.82) is 0 Å².